The molecule has 1 amide bonds. The maximum atomic E-state index is 13.4. The van der Waals surface area contributed by atoms with E-state index in [-0.39, 0.29) is 11.9 Å². The Morgan fingerprint density at radius 2 is 2.03 bits per heavy atom. The van der Waals surface area contributed by atoms with Gasteiger partial charge in [0.15, 0.2) is 0 Å². The molecule has 5 rings (SSSR count). The topological polar surface area (TPSA) is 112 Å². The third-order valence-electron chi connectivity index (χ3n) is 6.45. The highest BCUT2D eigenvalue weighted by atomic mass is 32.2. The van der Waals surface area contributed by atoms with Crippen LogP contribution in [-0.2, 0) is 4.79 Å². The molecule has 0 aromatic carbocycles. The minimum atomic E-state index is -0.990. The van der Waals surface area contributed by atoms with E-state index in [0.717, 1.165) is 34.6 Å². The molecule has 11 heteroatoms. The monoisotopic (exact) mass is 505 g/mol. The Hall–Kier alpha value is -3.75. The van der Waals surface area contributed by atoms with Gasteiger partial charge in [0.2, 0.25) is 0 Å². The Labute approximate surface area is 211 Å². The van der Waals surface area contributed by atoms with E-state index in [1.54, 1.807) is 15.5 Å². The van der Waals surface area contributed by atoms with E-state index >= 15 is 0 Å². The van der Waals surface area contributed by atoms with Crippen molar-refractivity contribution >= 4 is 23.2 Å². The fourth-order valence-electron chi connectivity index (χ4n) is 4.60. The molecule has 9 nitrogen and oxygen atoms in total. The van der Waals surface area contributed by atoms with E-state index in [0.29, 0.717) is 29.2 Å². The van der Waals surface area contributed by atoms with Crippen LogP contribution in [0.2, 0.25) is 0 Å². The molecule has 1 aliphatic rings. The zero-order chi connectivity index (χ0) is 25.4. The molecule has 184 valence electrons. The Balaban J connectivity index is 1.47. The van der Waals surface area contributed by atoms with Gasteiger partial charge in [0, 0.05) is 41.0 Å². The normalized spacial score (nSPS) is 15.2. The van der Waals surface area contributed by atoms with Crippen molar-refractivity contribution in [2.45, 2.75) is 48.8 Å². The lowest BCUT2D eigenvalue weighted by Gasteiger charge is -2.33. The number of carbonyl (C=O) groups excluding carboxylic acids is 1. The molecule has 0 spiro atoms. The quantitative estimate of drug-likeness (QED) is 0.441. The molecule has 0 bridgehead atoms. The summed E-state index contributed by atoms with van der Waals surface area (Å²) in [5.74, 6) is -0.652. The van der Waals surface area contributed by atoms with Crippen LogP contribution in [-0.4, -0.2) is 59.5 Å². The largest absolute Gasteiger partial charge is 0.384 e. The third kappa shape index (κ3) is 4.45. The summed E-state index contributed by atoms with van der Waals surface area (Å²) in [4.78, 5) is 18.7. The maximum absolute atomic E-state index is 13.4. The SMILES string of the molecule is Cc1c(-c2cc(Sc3ccc(F)cn3)c3c(C#N)cnn3c2)cnn1C1CCN(C(=O)[C@H](C)O)CC1. The zero-order valence-corrected chi connectivity index (χ0v) is 20.6. The van der Waals surface area contributed by atoms with Crippen LogP contribution in [0.1, 0.15) is 37.1 Å². The lowest BCUT2D eigenvalue weighted by atomic mass is 10.0. The number of aromatic nitrogens is 5. The second-order valence-electron chi connectivity index (χ2n) is 8.79. The minimum absolute atomic E-state index is 0.146. The number of halogens is 1. The summed E-state index contributed by atoms with van der Waals surface area (Å²) in [6.07, 6.45) is 6.90. The van der Waals surface area contributed by atoms with E-state index in [4.69, 9.17) is 0 Å². The van der Waals surface area contributed by atoms with Gasteiger partial charge in [-0.2, -0.15) is 15.5 Å². The first kappa shape index (κ1) is 24.0. The van der Waals surface area contributed by atoms with Gasteiger partial charge in [-0.3, -0.25) is 9.48 Å². The molecular weight excluding hydrogens is 481 g/mol. The number of likely N-dealkylation sites (tertiary alicyclic amines) is 1. The van der Waals surface area contributed by atoms with Crippen LogP contribution in [0, 0.1) is 24.1 Å². The molecule has 36 heavy (non-hydrogen) atoms. The van der Waals surface area contributed by atoms with E-state index in [2.05, 4.69) is 21.3 Å². The lowest BCUT2D eigenvalue weighted by molar-refractivity contribution is -0.140. The Morgan fingerprint density at radius 3 is 2.69 bits per heavy atom. The predicted molar refractivity (Wildman–Crippen MR) is 131 cm³/mol. The van der Waals surface area contributed by atoms with Gasteiger partial charge in [0.1, 0.15) is 23.0 Å². The standard InChI is InChI=1S/C25H24FN7O2S/c1-15-21(13-30-33(15)20-5-7-31(8-6-20)25(35)16(2)34)17-9-22(36-23-4-3-19(26)12-28-23)24-18(10-27)11-29-32(24)14-17/h3-4,9,11-14,16,20,34H,5-8H2,1-2H3/t16-/m0/s1. The van der Waals surface area contributed by atoms with Gasteiger partial charge in [0.25, 0.3) is 5.91 Å². The molecule has 0 radical (unpaired) electrons. The zero-order valence-electron chi connectivity index (χ0n) is 19.8. The average molecular weight is 506 g/mol. The smallest absolute Gasteiger partial charge is 0.251 e. The Kier molecular flexibility index (Phi) is 6.47. The number of hydrogen-bond donors (Lipinski definition) is 1. The summed E-state index contributed by atoms with van der Waals surface area (Å²) in [7, 11) is 0. The maximum Gasteiger partial charge on any atom is 0.251 e. The van der Waals surface area contributed by atoms with Crippen molar-refractivity contribution in [3.05, 3.63) is 60.1 Å². The van der Waals surface area contributed by atoms with Gasteiger partial charge in [-0.15, -0.1) is 0 Å². The summed E-state index contributed by atoms with van der Waals surface area (Å²) in [6, 6.07) is 7.26. The van der Waals surface area contributed by atoms with Crippen molar-refractivity contribution < 1.29 is 14.3 Å². The first-order valence-corrected chi connectivity index (χ1v) is 12.4. The van der Waals surface area contributed by atoms with E-state index < -0.39 is 11.9 Å². The van der Waals surface area contributed by atoms with Crippen LogP contribution in [0.4, 0.5) is 4.39 Å². The van der Waals surface area contributed by atoms with Crippen LogP contribution in [0.25, 0.3) is 16.6 Å². The van der Waals surface area contributed by atoms with Gasteiger partial charge in [-0.25, -0.2) is 13.9 Å². The summed E-state index contributed by atoms with van der Waals surface area (Å²) < 4.78 is 17.0. The summed E-state index contributed by atoms with van der Waals surface area (Å²) in [6.45, 7) is 4.65. The van der Waals surface area contributed by atoms with Gasteiger partial charge in [0.05, 0.1) is 35.7 Å². The van der Waals surface area contributed by atoms with Crippen LogP contribution < -0.4 is 0 Å². The molecule has 1 saturated heterocycles. The van der Waals surface area contributed by atoms with Gasteiger partial charge in [-0.05, 0) is 44.9 Å². The Morgan fingerprint density at radius 1 is 1.25 bits per heavy atom. The number of amides is 1. The number of pyridine rings is 2. The van der Waals surface area contributed by atoms with Crippen LogP contribution in [0.5, 0.6) is 0 Å². The summed E-state index contributed by atoms with van der Waals surface area (Å²) >= 11 is 1.34. The number of aliphatic hydroxyl groups is 1. The van der Waals surface area contributed by atoms with Crippen molar-refractivity contribution in [1.29, 1.82) is 5.26 Å². The first-order chi connectivity index (χ1) is 17.4. The molecular formula is C25H24FN7O2S. The molecule has 0 unspecified atom stereocenters. The van der Waals surface area contributed by atoms with Crippen molar-refractivity contribution in [1.82, 2.24) is 29.3 Å². The Bertz CT molecular complexity index is 1460. The molecule has 0 saturated carbocycles. The first-order valence-electron chi connectivity index (χ1n) is 11.6. The number of nitriles is 1. The third-order valence-corrected chi connectivity index (χ3v) is 7.43. The van der Waals surface area contributed by atoms with Gasteiger partial charge < -0.3 is 10.0 Å². The fourth-order valence-corrected chi connectivity index (χ4v) is 5.55. The van der Waals surface area contributed by atoms with E-state index in [1.807, 2.05) is 30.1 Å². The molecule has 4 aromatic rings. The lowest BCUT2D eigenvalue weighted by Crippen LogP contribution is -2.43. The summed E-state index contributed by atoms with van der Waals surface area (Å²) in [5.41, 5.74) is 3.90. The number of piperidine rings is 1. The number of fused-ring (bicyclic) bond motifs is 1. The number of nitrogens with zero attached hydrogens (tertiary/aromatic N) is 7. The highest BCUT2D eigenvalue weighted by Crippen LogP contribution is 2.36. The van der Waals surface area contributed by atoms with E-state index in [1.165, 1.54) is 37.1 Å². The molecule has 0 aliphatic carbocycles. The number of rotatable bonds is 5. The van der Waals surface area contributed by atoms with Gasteiger partial charge >= 0.3 is 0 Å². The molecule has 4 aromatic heterocycles. The van der Waals surface area contributed by atoms with Gasteiger partial charge in [-0.1, -0.05) is 11.8 Å². The van der Waals surface area contributed by atoms with Crippen molar-refractivity contribution in [2.75, 3.05) is 13.1 Å². The van der Waals surface area contributed by atoms with Crippen LogP contribution >= 0.6 is 11.8 Å². The van der Waals surface area contributed by atoms with Crippen molar-refractivity contribution in [3.63, 3.8) is 0 Å². The fraction of sp³-hybridized carbons (Fsp3) is 0.320. The van der Waals surface area contributed by atoms with E-state index in [9.17, 15) is 19.6 Å². The molecule has 5 heterocycles. The second kappa shape index (κ2) is 9.72. The highest BCUT2D eigenvalue weighted by molar-refractivity contribution is 7.99. The number of aliphatic hydroxyl groups excluding tert-OH is 1. The molecule has 1 fully saturated rings. The average Bonchev–Trinajstić information content (AvgIpc) is 3.48. The number of carbonyl (C=O) groups is 1. The minimum Gasteiger partial charge on any atom is -0.384 e. The summed E-state index contributed by atoms with van der Waals surface area (Å²) in [5, 5.41) is 28.8. The molecule has 1 atom stereocenters. The van der Waals surface area contributed by atoms with Crippen LogP contribution in [0.3, 0.4) is 0 Å². The second-order valence-corrected chi connectivity index (χ2v) is 9.86. The van der Waals surface area contributed by atoms with Crippen LogP contribution in [0.15, 0.2) is 52.9 Å². The van der Waals surface area contributed by atoms with Crippen molar-refractivity contribution in [3.8, 4) is 17.2 Å². The highest BCUT2D eigenvalue weighted by Gasteiger charge is 2.27. The predicted octanol–water partition coefficient (Wildman–Crippen LogP) is 3.61. The van der Waals surface area contributed by atoms with Crippen molar-refractivity contribution in [2.24, 2.45) is 0 Å². The molecule has 1 aliphatic heterocycles. The number of hydrogen-bond acceptors (Lipinski definition) is 7. The molecule has 1 N–H and O–H groups in total.